The molecule has 0 radical (unpaired) electrons. The van der Waals surface area contributed by atoms with Crippen LogP contribution in [0.3, 0.4) is 0 Å². The normalized spacial score (nSPS) is 11.1. The summed E-state index contributed by atoms with van der Waals surface area (Å²) in [6.07, 6.45) is 2.65. The Labute approximate surface area is 99.8 Å². The van der Waals surface area contributed by atoms with Crippen LogP contribution in [0.2, 0.25) is 0 Å². The SMILES string of the molecule is CCC(CC)N(CC(C)C)C(=O)CCS. The second-order valence-corrected chi connectivity index (χ2v) is 4.83. The molecular weight excluding hydrogens is 206 g/mol. The average Bonchev–Trinajstić information content (AvgIpc) is 2.18. The van der Waals surface area contributed by atoms with Crippen LogP contribution in [0.25, 0.3) is 0 Å². The molecule has 0 aliphatic carbocycles. The van der Waals surface area contributed by atoms with Crippen LogP contribution in [0.1, 0.15) is 47.0 Å². The predicted octanol–water partition coefficient (Wildman–Crippen LogP) is 2.98. The number of carbonyl (C=O) groups is 1. The number of rotatable bonds is 7. The van der Waals surface area contributed by atoms with Crippen molar-refractivity contribution >= 4 is 18.5 Å². The molecule has 1 amide bonds. The number of amides is 1. The van der Waals surface area contributed by atoms with Crippen LogP contribution < -0.4 is 0 Å². The first-order valence-corrected chi connectivity index (χ1v) is 6.60. The van der Waals surface area contributed by atoms with E-state index in [1.165, 1.54) is 0 Å². The van der Waals surface area contributed by atoms with Gasteiger partial charge in [0.15, 0.2) is 0 Å². The van der Waals surface area contributed by atoms with Gasteiger partial charge in [-0.05, 0) is 24.5 Å². The molecule has 0 aromatic carbocycles. The van der Waals surface area contributed by atoms with Crippen molar-refractivity contribution in [3.05, 3.63) is 0 Å². The zero-order valence-electron chi connectivity index (χ0n) is 10.5. The van der Waals surface area contributed by atoms with Crippen LogP contribution >= 0.6 is 12.6 Å². The van der Waals surface area contributed by atoms with Crippen LogP contribution in [0.5, 0.6) is 0 Å². The van der Waals surface area contributed by atoms with Gasteiger partial charge < -0.3 is 4.90 Å². The Bertz CT molecular complexity index is 178. The number of hydrogen-bond donors (Lipinski definition) is 1. The first-order chi connectivity index (χ1) is 7.06. The maximum atomic E-state index is 11.9. The van der Waals surface area contributed by atoms with Gasteiger partial charge in [0, 0.05) is 19.0 Å². The highest BCUT2D eigenvalue weighted by molar-refractivity contribution is 7.80. The van der Waals surface area contributed by atoms with E-state index in [2.05, 4.69) is 40.3 Å². The lowest BCUT2D eigenvalue weighted by atomic mass is 10.1. The Morgan fingerprint density at radius 1 is 1.27 bits per heavy atom. The first-order valence-electron chi connectivity index (χ1n) is 5.97. The lowest BCUT2D eigenvalue weighted by Crippen LogP contribution is -2.42. The number of hydrogen-bond acceptors (Lipinski definition) is 2. The third-order valence-electron chi connectivity index (χ3n) is 2.59. The molecule has 0 aromatic heterocycles. The molecule has 90 valence electrons. The lowest BCUT2D eigenvalue weighted by Gasteiger charge is -2.32. The van der Waals surface area contributed by atoms with E-state index in [-0.39, 0.29) is 5.91 Å². The van der Waals surface area contributed by atoms with E-state index in [4.69, 9.17) is 0 Å². The molecule has 0 atom stereocenters. The third kappa shape index (κ3) is 5.45. The van der Waals surface area contributed by atoms with Crippen molar-refractivity contribution in [1.29, 1.82) is 0 Å². The minimum absolute atomic E-state index is 0.257. The summed E-state index contributed by atoms with van der Waals surface area (Å²) in [6.45, 7) is 9.48. The predicted molar refractivity (Wildman–Crippen MR) is 69.4 cm³/mol. The summed E-state index contributed by atoms with van der Waals surface area (Å²) in [5, 5.41) is 0. The Kier molecular flexibility index (Phi) is 7.93. The van der Waals surface area contributed by atoms with Gasteiger partial charge in [-0.1, -0.05) is 27.7 Å². The quantitative estimate of drug-likeness (QED) is 0.668. The molecule has 0 heterocycles. The molecule has 0 bridgehead atoms. The van der Waals surface area contributed by atoms with Gasteiger partial charge in [0.25, 0.3) is 0 Å². The number of thiol groups is 1. The van der Waals surface area contributed by atoms with Crippen molar-refractivity contribution < 1.29 is 4.79 Å². The van der Waals surface area contributed by atoms with Crippen molar-refractivity contribution in [2.45, 2.75) is 53.0 Å². The maximum Gasteiger partial charge on any atom is 0.223 e. The topological polar surface area (TPSA) is 20.3 Å². The van der Waals surface area contributed by atoms with Crippen molar-refractivity contribution in [3.8, 4) is 0 Å². The summed E-state index contributed by atoms with van der Waals surface area (Å²) in [5.74, 6) is 1.44. The minimum Gasteiger partial charge on any atom is -0.339 e. The molecular formula is C12H25NOS. The zero-order valence-corrected chi connectivity index (χ0v) is 11.4. The molecule has 0 unspecified atom stereocenters. The van der Waals surface area contributed by atoms with Gasteiger partial charge in [-0.25, -0.2) is 0 Å². The Balaban J connectivity index is 4.47. The Morgan fingerprint density at radius 3 is 2.13 bits per heavy atom. The molecule has 0 saturated carbocycles. The smallest absolute Gasteiger partial charge is 0.223 e. The standard InChI is InChI=1S/C12H25NOS/c1-5-11(6-2)13(9-10(3)4)12(14)7-8-15/h10-11,15H,5-9H2,1-4H3. The molecule has 0 fully saturated rings. The summed E-state index contributed by atoms with van der Waals surface area (Å²) in [5.41, 5.74) is 0. The van der Waals surface area contributed by atoms with Crippen LogP contribution in [0.15, 0.2) is 0 Å². The van der Waals surface area contributed by atoms with Crippen molar-refractivity contribution in [3.63, 3.8) is 0 Å². The van der Waals surface area contributed by atoms with Gasteiger partial charge in [0.1, 0.15) is 0 Å². The summed E-state index contributed by atoms with van der Waals surface area (Å²) >= 11 is 4.12. The highest BCUT2D eigenvalue weighted by Gasteiger charge is 2.20. The zero-order chi connectivity index (χ0) is 11.8. The molecule has 0 saturated heterocycles. The third-order valence-corrected chi connectivity index (χ3v) is 2.81. The van der Waals surface area contributed by atoms with E-state index in [0.717, 1.165) is 19.4 Å². The molecule has 0 rings (SSSR count). The highest BCUT2D eigenvalue weighted by atomic mass is 32.1. The van der Waals surface area contributed by atoms with E-state index in [9.17, 15) is 4.79 Å². The molecule has 0 spiro atoms. The largest absolute Gasteiger partial charge is 0.339 e. The van der Waals surface area contributed by atoms with Gasteiger partial charge >= 0.3 is 0 Å². The maximum absolute atomic E-state index is 11.9. The van der Waals surface area contributed by atoms with Crippen molar-refractivity contribution in [2.75, 3.05) is 12.3 Å². The summed E-state index contributed by atoms with van der Waals surface area (Å²) in [6, 6.07) is 0.403. The van der Waals surface area contributed by atoms with Gasteiger partial charge in [-0.3, -0.25) is 4.79 Å². The molecule has 3 heteroatoms. The fraction of sp³-hybridized carbons (Fsp3) is 0.917. The molecule has 0 aliphatic heterocycles. The van der Waals surface area contributed by atoms with E-state index >= 15 is 0 Å². The summed E-state index contributed by atoms with van der Waals surface area (Å²) in [4.78, 5) is 14.0. The fourth-order valence-electron chi connectivity index (χ4n) is 1.82. The second kappa shape index (κ2) is 8.03. The molecule has 2 nitrogen and oxygen atoms in total. The molecule has 0 N–H and O–H groups in total. The van der Waals surface area contributed by atoms with Crippen molar-refractivity contribution in [1.82, 2.24) is 4.90 Å². The van der Waals surface area contributed by atoms with E-state index in [0.29, 0.717) is 24.1 Å². The van der Waals surface area contributed by atoms with Gasteiger partial charge in [-0.2, -0.15) is 12.6 Å². The number of carbonyl (C=O) groups excluding carboxylic acids is 1. The second-order valence-electron chi connectivity index (χ2n) is 4.38. The lowest BCUT2D eigenvalue weighted by molar-refractivity contribution is -0.133. The Hall–Kier alpha value is -0.180. The molecule has 0 aliphatic rings. The van der Waals surface area contributed by atoms with Gasteiger partial charge in [0.2, 0.25) is 5.91 Å². The fourth-order valence-corrected chi connectivity index (χ4v) is 2.01. The van der Waals surface area contributed by atoms with Crippen molar-refractivity contribution in [2.24, 2.45) is 5.92 Å². The van der Waals surface area contributed by atoms with Crippen LogP contribution in [0.4, 0.5) is 0 Å². The Morgan fingerprint density at radius 2 is 1.80 bits per heavy atom. The van der Waals surface area contributed by atoms with E-state index in [1.807, 2.05) is 4.90 Å². The van der Waals surface area contributed by atoms with Crippen LogP contribution in [-0.2, 0) is 4.79 Å². The summed E-state index contributed by atoms with van der Waals surface area (Å²) in [7, 11) is 0. The van der Waals surface area contributed by atoms with Crippen LogP contribution in [0, 0.1) is 5.92 Å². The van der Waals surface area contributed by atoms with E-state index < -0.39 is 0 Å². The first kappa shape index (κ1) is 14.8. The number of nitrogens with zero attached hydrogens (tertiary/aromatic N) is 1. The monoisotopic (exact) mass is 231 g/mol. The van der Waals surface area contributed by atoms with Crippen LogP contribution in [-0.4, -0.2) is 29.1 Å². The summed E-state index contributed by atoms with van der Waals surface area (Å²) < 4.78 is 0. The van der Waals surface area contributed by atoms with Gasteiger partial charge in [-0.15, -0.1) is 0 Å². The van der Waals surface area contributed by atoms with Gasteiger partial charge in [0.05, 0.1) is 0 Å². The molecule has 15 heavy (non-hydrogen) atoms. The average molecular weight is 231 g/mol. The van der Waals surface area contributed by atoms with E-state index in [1.54, 1.807) is 0 Å². The molecule has 0 aromatic rings. The highest BCUT2D eigenvalue weighted by Crippen LogP contribution is 2.13. The minimum atomic E-state index is 0.257.